The Kier molecular flexibility index (Phi) is 3.22. The van der Waals surface area contributed by atoms with Gasteiger partial charge in [-0.1, -0.05) is 34.1 Å². The maximum absolute atomic E-state index is 12.1. The van der Waals surface area contributed by atoms with Gasteiger partial charge in [-0.3, -0.25) is 0 Å². The van der Waals surface area contributed by atoms with E-state index in [1.54, 1.807) is 24.3 Å². The van der Waals surface area contributed by atoms with Crippen LogP contribution in [0.15, 0.2) is 34.1 Å². The summed E-state index contributed by atoms with van der Waals surface area (Å²) in [6.07, 6.45) is 1.19. The van der Waals surface area contributed by atoms with Gasteiger partial charge in [0.1, 0.15) is 0 Å². The monoisotopic (exact) mass is 264 g/mol. The van der Waals surface area contributed by atoms with Gasteiger partial charge in [-0.2, -0.15) is 8.42 Å². The van der Waals surface area contributed by atoms with Gasteiger partial charge in [-0.05, 0) is 17.7 Å². The van der Waals surface area contributed by atoms with Crippen molar-refractivity contribution in [3.8, 4) is 0 Å². The lowest BCUT2D eigenvalue weighted by molar-refractivity contribution is 0.563. The van der Waals surface area contributed by atoms with Crippen LogP contribution in [-0.2, 0) is 10.2 Å². The molecule has 0 aliphatic carbocycles. The molecule has 2 nitrogen and oxygen atoms in total. The Morgan fingerprint density at radius 2 is 1.92 bits per heavy atom. The largest absolute Gasteiger partial charge is 0.325 e. The van der Waals surface area contributed by atoms with Gasteiger partial charge in [0.2, 0.25) is 0 Å². The van der Waals surface area contributed by atoms with Crippen LogP contribution in [0.1, 0.15) is 5.56 Å². The number of hydrogen-bond acceptors (Lipinski definition) is 2. The number of rotatable bonds is 2. The standard InChI is InChI=1S/C8H6BrFO2S/c9-8-4-2-1-3-7(8)5-6-13(10,11)12/h1-6H/b6-5+. The molecule has 0 amide bonds. The highest BCUT2D eigenvalue weighted by atomic mass is 79.9. The molecule has 70 valence electrons. The molecule has 0 unspecified atom stereocenters. The van der Waals surface area contributed by atoms with Gasteiger partial charge < -0.3 is 0 Å². The predicted molar refractivity (Wildman–Crippen MR) is 53.2 cm³/mol. The number of halogens is 2. The normalized spacial score (nSPS) is 12.2. The van der Waals surface area contributed by atoms with Crippen LogP contribution in [0.5, 0.6) is 0 Å². The summed E-state index contributed by atoms with van der Waals surface area (Å²) < 4.78 is 33.1. The van der Waals surface area contributed by atoms with Crippen LogP contribution in [0.4, 0.5) is 3.89 Å². The van der Waals surface area contributed by atoms with Crippen LogP contribution >= 0.6 is 15.9 Å². The molecule has 0 radical (unpaired) electrons. The third-order valence-corrected chi connectivity index (χ3v) is 2.50. The second-order valence-corrected chi connectivity index (χ2v) is 4.38. The molecule has 0 aromatic heterocycles. The van der Waals surface area contributed by atoms with Crippen molar-refractivity contribution in [3.05, 3.63) is 39.7 Å². The summed E-state index contributed by atoms with van der Waals surface area (Å²) in [5.41, 5.74) is 0.615. The highest BCUT2D eigenvalue weighted by Gasteiger charge is 1.99. The van der Waals surface area contributed by atoms with Gasteiger partial charge in [0, 0.05) is 4.47 Å². The van der Waals surface area contributed by atoms with Gasteiger partial charge >= 0.3 is 10.2 Å². The van der Waals surface area contributed by atoms with E-state index in [0.717, 1.165) is 4.47 Å². The molecule has 1 aromatic carbocycles. The predicted octanol–water partition coefficient (Wildman–Crippen LogP) is 2.72. The van der Waals surface area contributed by atoms with Crippen LogP contribution in [-0.4, -0.2) is 8.42 Å². The van der Waals surface area contributed by atoms with E-state index in [2.05, 4.69) is 15.9 Å². The molecule has 5 heteroatoms. The minimum atomic E-state index is -4.54. The van der Waals surface area contributed by atoms with Crippen molar-refractivity contribution in [2.24, 2.45) is 0 Å². The Morgan fingerprint density at radius 1 is 1.31 bits per heavy atom. The third kappa shape index (κ3) is 3.69. The summed E-state index contributed by atoms with van der Waals surface area (Å²) in [6.45, 7) is 0. The molecule has 0 saturated carbocycles. The summed E-state index contributed by atoms with van der Waals surface area (Å²) in [4.78, 5) is 0. The maximum atomic E-state index is 12.1. The molecule has 0 atom stereocenters. The second kappa shape index (κ2) is 4.02. The molecular weight excluding hydrogens is 259 g/mol. The average Bonchev–Trinajstić information content (AvgIpc) is 2.01. The Labute approximate surface area is 84.4 Å². The van der Waals surface area contributed by atoms with Crippen LogP contribution in [0.2, 0.25) is 0 Å². The molecule has 13 heavy (non-hydrogen) atoms. The minimum absolute atomic E-state index is 0.521. The first kappa shape index (κ1) is 10.4. The summed E-state index contributed by atoms with van der Waals surface area (Å²) in [5.74, 6) is 0. The van der Waals surface area contributed by atoms with Gasteiger partial charge in [0.25, 0.3) is 0 Å². The van der Waals surface area contributed by atoms with E-state index < -0.39 is 10.2 Å². The molecule has 0 aliphatic rings. The first-order valence-corrected chi connectivity index (χ1v) is 5.60. The van der Waals surface area contributed by atoms with E-state index in [1.165, 1.54) is 6.08 Å². The van der Waals surface area contributed by atoms with Crippen molar-refractivity contribution in [1.82, 2.24) is 0 Å². The Morgan fingerprint density at radius 3 is 2.46 bits per heavy atom. The summed E-state index contributed by atoms with van der Waals surface area (Å²) in [6, 6.07) is 6.93. The molecule has 0 aliphatic heterocycles. The van der Waals surface area contributed by atoms with E-state index >= 15 is 0 Å². The molecule has 1 aromatic rings. The lowest BCUT2D eigenvalue weighted by atomic mass is 10.2. The van der Waals surface area contributed by atoms with E-state index in [4.69, 9.17) is 0 Å². The lowest BCUT2D eigenvalue weighted by Crippen LogP contribution is -1.81. The topological polar surface area (TPSA) is 34.1 Å². The van der Waals surface area contributed by atoms with Gasteiger partial charge in [-0.15, -0.1) is 3.89 Å². The lowest BCUT2D eigenvalue weighted by Gasteiger charge is -1.94. The van der Waals surface area contributed by atoms with Crippen LogP contribution in [0, 0.1) is 0 Å². The fourth-order valence-electron chi connectivity index (χ4n) is 0.765. The van der Waals surface area contributed by atoms with Crippen molar-refractivity contribution in [3.63, 3.8) is 0 Å². The van der Waals surface area contributed by atoms with Crippen molar-refractivity contribution in [2.75, 3.05) is 0 Å². The van der Waals surface area contributed by atoms with E-state index in [-0.39, 0.29) is 0 Å². The minimum Gasteiger partial charge on any atom is -0.190 e. The Balaban J connectivity index is 3.00. The summed E-state index contributed by atoms with van der Waals surface area (Å²) in [7, 11) is -4.54. The van der Waals surface area contributed by atoms with Crippen LogP contribution in [0.3, 0.4) is 0 Å². The van der Waals surface area contributed by atoms with E-state index in [9.17, 15) is 12.3 Å². The first-order chi connectivity index (χ1) is 5.99. The van der Waals surface area contributed by atoms with Crippen molar-refractivity contribution >= 4 is 32.2 Å². The van der Waals surface area contributed by atoms with Crippen molar-refractivity contribution in [1.29, 1.82) is 0 Å². The van der Waals surface area contributed by atoms with Crippen LogP contribution in [0.25, 0.3) is 6.08 Å². The van der Waals surface area contributed by atoms with Gasteiger partial charge in [-0.25, -0.2) is 0 Å². The molecule has 0 spiro atoms. The van der Waals surface area contributed by atoms with Crippen LogP contribution < -0.4 is 0 Å². The molecule has 0 fully saturated rings. The SMILES string of the molecule is O=S(=O)(F)/C=C/c1ccccc1Br. The highest BCUT2D eigenvalue weighted by Crippen LogP contribution is 2.17. The summed E-state index contributed by atoms with van der Waals surface area (Å²) >= 11 is 3.20. The third-order valence-electron chi connectivity index (χ3n) is 1.32. The zero-order valence-corrected chi connectivity index (χ0v) is 8.85. The number of hydrogen-bond donors (Lipinski definition) is 0. The highest BCUT2D eigenvalue weighted by molar-refractivity contribution is 9.10. The Hall–Kier alpha value is -0.680. The van der Waals surface area contributed by atoms with E-state index in [1.807, 2.05) is 0 Å². The maximum Gasteiger partial charge on any atom is 0.325 e. The zero-order chi connectivity index (χ0) is 9.90. The van der Waals surface area contributed by atoms with Gasteiger partial charge in [0.15, 0.2) is 0 Å². The second-order valence-electron chi connectivity index (χ2n) is 2.30. The molecule has 0 N–H and O–H groups in total. The molecular formula is C8H6BrFO2S. The molecule has 0 heterocycles. The fraction of sp³-hybridized carbons (Fsp3) is 0. The van der Waals surface area contributed by atoms with E-state index in [0.29, 0.717) is 11.0 Å². The summed E-state index contributed by atoms with van der Waals surface area (Å²) in [5, 5.41) is 0.521. The van der Waals surface area contributed by atoms with Crippen molar-refractivity contribution in [2.45, 2.75) is 0 Å². The molecule has 0 bridgehead atoms. The van der Waals surface area contributed by atoms with Crippen molar-refractivity contribution < 1.29 is 12.3 Å². The quantitative estimate of drug-likeness (QED) is 0.770. The first-order valence-electron chi connectivity index (χ1n) is 3.36. The average molecular weight is 265 g/mol. The Bertz CT molecular complexity index is 426. The van der Waals surface area contributed by atoms with Gasteiger partial charge in [0.05, 0.1) is 5.41 Å². The number of benzene rings is 1. The zero-order valence-electron chi connectivity index (χ0n) is 6.44. The fourth-order valence-corrected chi connectivity index (χ4v) is 1.49. The smallest absolute Gasteiger partial charge is 0.190 e. The molecule has 0 saturated heterocycles. The molecule has 1 rings (SSSR count).